The number of hydrogen-bond acceptors (Lipinski definition) is 5. The van der Waals surface area contributed by atoms with E-state index < -0.39 is 0 Å². The number of benzene rings is 2. The highest BCUT2D eigenvalue weighted by Gasteiger charge is 2.16. The average Bonchev–Trinajstić information content (AvgIpc) is 3.12. The molecule has 0 radical (unpaired) electrons. The lowest BCUT2D eigenvalue weighted by Crippen LogP contribution is -2.14. The maximum Gasteiger partial charge on any atom is 0.234 e. The first-order valence-corrected chi connectivity index (χ1v) is 11.2. The van der Waals surface area contributed by atoms with Crippen molar-refractivity contribution >= 4 is 23.4 Å². The zero-order valence-electron chi connectivity index (χ0n) is 17.4. The van der Waals surface area contributed by atoms with E-state index in [9.17, 15) is 4.79 Å². The zero-order chi connectivity index (χ0) is 20.9. The van der Waals surface area contributed by atoms with E-state index in [1.165, 1.54) is 41.3 Å². The fourth-order valence-corrected chi connectivity index (χ4v) is 4.46. The SMILES string of the molecule is Cc1c(OCc2nnc(SCC(=O)Nc3ccccc3)n2C)ccc2c1CCCC2. The van der Waals surface area contributed by atoms with Crippen molar-refractivity contribution in [2.75, 3.05) is 11.1 Å². The smallest absolute Gasteiger partial charge is 0.234 e. The summed E-state index contributed by atoms with van der Waals surface area (Å²) in [4.78, 5) is 12.2. The van der Waals surface area contributed by atoms with Crippen molar-refractivity contribution < 1.29 is 9.53 Å². The molecule has 1 heterocycles. The lowest BCUT2D eigenvalue weighted by molar-refractivity contribution is -0.113. The Hall–Kier alpha value is -2.80. The summed E-state index contributed by atoms with van der Waals surface area (Å²) in [7, 11) is 1.90. The molecule has 0 unspecified atom stereocenters. The number of hydrogen-bond donors (Lipinski definition) is 1. The molecule has 1 N–H and O–H groups in total. The van der Waals surface area contributed by atoms with Gasteiger partial charge in [0, 0.05) is 12.7 Å². The summed E-state index contributed by atoms with van der Waals surface area (Å²) in [6, 6.07) is 13.7. The first-order valence-electron chi connectivity index (χ1n) is 10.2. The van der Waals surface area contributed by atoms with Crippen LogP contribution >= 0.6 is 11.8 Å². The molecular formula is C23H26N4O2S. The molecule has 0 saturated carbocycles. The van der Waals surface area contributed by atoms with Crippen LogP contribution in [-0.2, 0) is 31.3 Å². The minimum absolute atomic E-state index is 0.0725. The Kier molecular flexibility index (Phi) is 6.38. The topological polar surface area (TPSA) is 69.0 Å². The van der Waals surface area contributed by atoms with Crippen LogP contribution in [0, 0.1) is 6.92 Å². The van der Waals surface area contributed by atoms with Gasteiger partial charge in [0.05, 0.1) is 5.75 Å². The van der Waals surface area contributed by atoms with Gasteiger partial charge in [-0.05, 0) is 67.5 Å². The number of aromatic nitrogens is 3. The van der Waals surface area contributed by atoms with E-state index >= 15 is 0 Å². The fourth-order valence-electron chi connectivity index (χ4n) is 3.73. The Balaban J connectivity index is 1.34. The zero-order valence-corrected chi connectivity index (χ0v) is 18.2. The van der Waals surface area contributed by atoms with Crippen LogP contribution in [0.4, 0.5) is 5.69 Å². The molecule has 3 aromatic rings. The molecule has 7 heteroatoms. The summed E-state index contributed by atoms with van der Waals surface area (Å²) in [6.45, 7) is 2.49. The van der Waals surface area contributed by atoms with Crippen molar-refractivity contribution in [3.05, 3.63) is 65.0 Å². The van der Waals surface area contributed by atoms with Gasteiger partial charge in [0.25, 0.3) is 0 Å². The quantitative estimate of drug-likeness (QED) is 0.575. The van der Waals surface area contributed by atoms with Crippen LogP contribution in [0.15, 0.2) is 47.6 Å². The van der Waals surface area contributed by atoms with E-state index in [0.717, 1.165) is 30.1 Å². The van der Waals surface area contributed by atoms with Gasteiger partial charge in [-0.1, -0.05) is 36.0 Å². The number of nitrogens with zero attached hydrogens (tertiary/aromatic N) is 3. The van der Waals surface area contributed by atoms with Gasteiger partial charge in [0.2, 0.25) is 5.91 Å². The Morgan fingerprint density at radius 2 is 1.93 bits per heavy atom. The minimum atomic E-state index is -0.0725. The molecule has 1 aromatic heterocycles. The maximum absolute atomic E-state index is 12.2. The first kappa shape index (κ1) is 20.5. The van der Waals surface area contributed by atoms with Crippen LogP contribution in [0.5, 0.6) is 5.75 Å². The summed E-state index contributed by atoms with van der Waals surface area (Å²) >= 11 is 1.36. The number of carbonyl (C=O) groups is 1. The third kappa shape index (κ3) is 4.67. The molecule has 1 aliphatic rings. The molecule has 0 fully saturated rings. The van der Waals surface area contributed by atoms with Gasteiger partial charge in [-0.3, -0.25) is 4.79 Å². The van der Waals surface area contributed by atoms with Crippen molar-refractivity contribution in [1.29, 1.82) is 0 Å². The van der Waals surface area contributed by atoms with Crippen molar-refractivity contribution in [2.45, 2.75) is 44.4 Å². The molecule has 30 heavy (non-hydrogen) atoms. The van der Waals surface area contributed by atoms with Crippen molar-refractivity contribution in [2.24, 2.45) is 7.05 Å². The summed E-state index contributed by atoms with van der Waals surface area (Å²) in [5, 5.41) is 12.0. The summed E-state index contributed by atoms with van der Waals surface area (Å²) < 4.78 is 7.96. The second-order valence-electron chi connectivity index (χ2n) is 7.48. The predicted molar refractivity (Wildman–Crippen MR) is 119 cm³/mol. The standard InChI is InChI=1S/C23H26N4O2S/c1-16-19-11-7-6-8-17(19)12-13-20(16)29-14-21-25-26-23(27(21)2)30-15-22(28)24-18-9-4-3-5-10-18/h3-5,9-10,12-13H,6-8,11,14-15H2,1-2H3,(H,24,28). The van der Waals surface area contributed by atoms with Gasteiger partial charge >= 0.3 is 0 Å². The van der Waals surface area contributed by atoms with Gasteiger partial charge in [0.1, 0.15) is 12.4 Å². The van der Waals surface area contributed by atoms with Crippen LogP contribution < -0.4 is 10.1 Å². The monoisotopic (exact) mass is 422 g/mol. The number of thioether (sulfide) groups is 1. The summed E-state index contributed by atoms with van der Waals surface area (Å²) in [6.07, 6.45) is 4.82. The number of fused-ring (bicyclic) bond motifs is 1. The van der Waals surface area contributed by atoms with E-state index in [1.807, 2.05) is 41.9 Å². The number of rotatable bonds is 7. The van der Waals surface area contributed by atoms with Crippen molar-refractivity contribution in [3.63, 3.8) is 0 Å². The van der Waals surface area contributed by atoms with Gasteiger partial charge < -0.3 is 14.6 Å². The number of amides is 1. The number of carbonyl (C=O) groups excluding carboxylic acids is 1. The van der Waals surface area contributed by atoms with Crippen LogP contribution in [0.2, 0.25) is 0 Å². The lowest BCUT2D eigenvalue weighted by atomic mass is 9.88. The van der Waals surface area contributed by atoms with Crippen molar-refractivity contribution in [3.8, 4) is 5.75 Å². The largest absolute Gasteiger partial charge is 0.485 e. The summed E-state index contributed by atoms with van der Waals surface area (Å²) in [5.41, 5.74) is 4.92. The van der Waals surface area contributed by atoms with Gasteiger partial charge in [-0.15, -0.1) is 10.2 Å². The second-order valence-corrected chi connectivity index (χ2v) is 8.43. The molecule has 2 aromatic carbocycles. The number of anilines is 1. The fraction of sp³-hybridized carbons (Fsp3) is 0.348. The third-order valence-electron chi connectivity index (χ3n) is 5.44. The molecular weight excluding hydrogens is 396 g/mol. The number of ether oxygens (including phenoxy) is 1. The van der Waals surface area contributed by atoms with Gasteiger partial charge in [-0.2, -0.15) is 0 Å². The molecule has 1 aliphatic carbocycles. The molecule has 0 bridgehead atoms. The average molecular weight is 423 g/mol. The molecule has 0 aliphatic heterocycles. The number of para-hydroxylation sites is 1. The Morgan fingerprint density at radius 1 is 1.13 bits per heavy atom. The molecule has 4 rings (SSSR count). The molecule has 1 amide bonds. The summed E-state index contributed by atoms with van der Waals surface area (Å²) in [5.74, 6) is 1.84. The van der Waals surface area contributed by atoms with Crippen LogP contribution in [-0.4, -0.2) is 26.4 Å². The van der Waals surface area contributed by atoms with E-state index in [0.29, 0.717) is 11.8 Å². The van der Waals surface area contributed by atoms with Gasteiger partial charge in [0.15, 0.2) is 11.0 Å². The maximum atomic E-state index is 12.2. The Morgan fingerprint density at radius 3 is 2.77 bits per heavy atom. The van der Waals surface area contributed by atoms with Crippen LogP contribution in [0.3, 0.4) is 0 Å². The van der Waals surface area contributed by atoms with E-state index in [1.54, 1.807) is 0 Å². The predicted octanol–water partition coefficient (Wildman–Crippen LogP) is 4.31. The Labute approximate surface area is 181 Å². The van der Waals surface area contributed by atoms with E-state index in [-0.39, 0.29) is 11.7 Å². The van der Waals surface area contributed by atoms with Crippen LogP contribution in [0.25, 0.3) is 0 Å². The Bertz CT molecular complexity index is 1030. The molecule has 0 saturated heterocycles. The lowest BCUT2D eigenvalue weighted by Gasteiger charge is -2.20. The minimum Gasteiger partial charge on any atom is -0.485 e. The highest BCUT2D eigenvalue weighted by molar-refractivity contribution is 7.99. The highest BCUT2D eigenvalue weighted by Crippen LogP contribution is 2.31. The normalized spacial score (nSPS) is 13.0. The van der Waals surface area contributed by atoms with Crippen LogP contribution in [0.1, 0.15) is 35.4 Å². The molecule has 0 spiro atoms. The first-order chi connectivity index (χ1) is 14.6. The van der Waals surface area contributed by atoms with E-state index in [2.05, 4.69) is 34.6 Å². The molecule has 6 nitrogen and oxygen atoms in total. The molecule has 156 valence electrons. The number of aryl methyl sites for hydroxylation is 1. The number of nitrogens with one attached hydrogen (secondary N) is 1. The third-order valence-corrected chi connectivity index (χ3v) is 6.46. The van der Waals surface area contributed by atoms with Gasteiger partial charge in [-0.25, -0.2) is 0 Å². The highest BCUT2D eigenvalue weighted by atomic mass is 32.2. The van der Waals surface area contributed by atoms with E-state index in [4.69, 9.17) is 4.74 Å². The molecule has 0 atom stereocenters. The second kappa shape index (κ2) is 9.34. The van der Waals surface area contributed by atoms with Crippen molar-refractivity contribution in [1.82, 2.24) is 14.8 Å².